The zero-order valence-electron chi connectivity index (χ0n) is 15.9. The van der Waals surface area contributed by atoms with Gasteiger partial charge in [-0.3, -0.25) is 4.90 Å². The first-order valence-electron chi connectivity index (χ1n) is 9.41. The smallest absolute Gasteiger partial charge is 0.336 e. The Balaban J connectivity index is 0.00000225. The Hall–Kier alpha value is -2.01. The first-order valence-corrected chi connectivity index (χ1v) is 9.79. The first-order chi connectivity index (χ1) is 13.1. The second-order valence-electron chi connectivity index (χ2n) is 7.02. The average Bonchev–Trinajstić information content (AvgIpc) is 2.68. The van der Waals surface area contributed by atoms with E-state index in [2.05, 4.69) is 28.9 Å². The van der Waals surface area contributed by atoms with Crippen molar-refractivity contribution in [1.82, 2.24) is 4.90 Å². The lowest BCUT2D eigenvalue weighted by atomic mass is 10.0. The van der Waals surface area contributed by atoms with Gasteiger partial charge in [0.1, 0.15) is 5.58 Å². The van der Waals surface area contributed by atoms with Crippen LogP contribution < -0.4 is 10.5 Å². The summed E-state index contributed by atoms with van der Waals surface area (Å²) in [6.07, 6.45) is 0.965. The van der Waals surface area contributed by atoms with Crippen LogP contribution in [0.3, 0.4) is 0 Å². The second-order valence-corrected chi connectivity index (χ2v) is 7.45. The predicted molar refractivity (Wildman–Crippen MR) is 118 cm³/mol. The van der Waals surface area contributed by atoms with E-state index < -0.39 is 0 Å². The molecule has 1 saturated heterocycles. The maximum absolute atomic E-state index is 12.0. The number of nitrogens with zero attached hydrogens (tertiary/aromatic N) is 2. The molecule has 1 fully saturated rings. The Morgan fingerprint density at radius 2 is 1.82 bits per heavy atom. The minimum Gasteiger partial charge on any atom is -0.423 e. The molecule has 2 heterocycles. The van der Waals surface area contributed by atoms with Crippen molar-refractivity contribution < 1.29 is 4.42 Å². The summed E-state index contributed by atoms with van der Waals surface area (Å²) >= 11 is 6.12. The molecule has 0 radical (unpaired) electrons. The fraction of sp³-hybridized carbons (Fsp3) is 0.318. The van der Waals surface area contributed by atoms with Gasteiger partial charge in [-0.1, -0.05) is 30.7 Å². The van der Waals surface area contributed by atoms with Crippen LogP contribution in [0.25, 0.3) is 11.0 Å². The minimum absolute atomic E-state index is 0. The van der Waals surface area contributed by atoms with Crippen molar-refractivity contribution in [3.63, 3.8) is 0 Å². The van der Waals surface area contributed by atoms with Crippen molar-refractivity contribution in [2.45, 2.75) is 19.9 Å². The first kappa shape index (κ1) is 20.7. The molecule has 0 spiro atoms. The summed E-state index contributed by atoms with van der Waals surface area (Å²) in [5.41, 5.74) is 3.86. The zero-order valence-corrected chi connectivity index (χ0v) is 17.4. The molecule has 4 nitrogen and oxygen atoms in total. The van der Waals surface area contributed by atoms with Crippen molar-refractivity contribution in [2.24, 2.45) is 0 Å². The van der Waals surface area contributed by atoms with E-state index in [0.29, 0.717) is 5.58 Å². The molecule has 0 bridgehead atoms. The number of rotatable bonds is 4. The lowest BCUT2D eigenvalue weighted by molar-refractivity contribution is 0.250. The molecule has 1 aliphatic rings. The number of anilines is 1. The summed E-state index contributed by atoms with van der Waals surface area (Å²) in [5.74, 6) is 0. The van der Waals surface area contributed by atoms with Crippen LogP contribution in [0, 0.1) is 0 Å². The Morgan fingerprint density at radius 1 is 1.04 bits per heavy atom. The van der Waals surface area contributed by atoms with Gasteiger partial charge in [0.05, 0.1) is 0 Å². The van der Waals surface area contributed by atoms with Gasteiger partial charge in [-0.15, -0.1) is 12.4 Å². The third kappa shape index (κ3) is 4.52. The van der Waals surface area contributed by atoms with E-state index in [9.17, 15) is 4.79 Å². The van der Waals surface area contributed by atoms with Crippen molar-refractivity contribution in [3.05, 3.63) is 75.1 Å². The quantitative estimate of drug-likeness (QED) is 0.572. The van der Waals surface area contributed by atoms with Crippen molar-refractivity contribution in [2.75, 3.05) is 31.1 Å². The van der Waals surface area contributed by atoms with Gasteiger partial charge in [-0.25, -0.2) is 4.79 Å². The number of hydrogen-bond acceptors (Lipinski definition) is 4. The summed E-state index contributed by atoms with van der Waals surface area (Å²) in [6.45, 7) is 6.68. The Labute approximate surface area is 176 Å². The second kappa shape index (κ2) is 8.99. The van der Waals surface area contributed by atoms with Gasteiger partial charge >= 0.3 is 5.63 Å². The van der Waals surface area contributed by atoms with Gasteiger partial charge in [-0.05, 0) is 47.9 Å². The molecule has 0 aliphatic carbocycles. The molecule has 3 aromatic rings. The molecular formula is C22H24Cl2N2O2. The topological polar surface area (TPSA) is 36.7 Å². The predicted octanol–water partition coefficient (Wildman–Crippen LogP) is 4.75. The number of hydrogen-bond donors (Lipinski definition) is 0. The van der Waals surface area contributed by atoms with Gasteiger partial charge < -0.3 is 9.32 Å². The number of halogens is 2. The van der Waals surface area contributed by atoms with Crippen molar-refractivity contribution >= 4 is 40.7 Å². The van der Waals surface area contributed by atoms with Crippen molar-refractivity contribution in [3.8, 4) is 0 Å². The van der Waals surface area contributed by atoms with E-state index in [4.69, 9.17) is 16.0 Å². The van der Waals surface area contributed by atoms with Gasteiger partial charge in [0.25, 0.3) is 0 Å². The third-order valence-corrected chi connectivity index (χ3v) is 5.48. The molecule has 148 valence electrons. The SMILES string of the molecule is CCc1ccc2oc(=O)cc(CN3CCN(c4cccc(Cl)c4)CC3)c2c1.Cl. The van der Waals surface area contributed by atoms with E-state index >= 15 is 0 Å². The molecule has 0 N–H and O–H groups in total. The summed E-state index contributed by atoms with van der Waals surface area (Å²) in [7, 11) is 0. The normalized spacial score (nSPS) is 14.9. The fourth-order valence-corrected chi connectivity index (χ4v) is 3.89. The van der Waals surface area contributed by atoms with Gasteiger partial charge in [0.15, 0.2) is 0 Å². The molecule has 1 aromatic heterocycles. The number of piperazine rings is 1. The zero-order chi connectivity index (χ0) is 18.8. The highest BCUT2D eigenvalue weighted by Gasteiger charge is 2.19. The third-order valence-electron chi connectivity index (χ3n) is 5.24. The van der Waals surface area contributed by atoms with E-state index in [0.717, 1.165) is 55.1 Å². The molecule has 1 aliphatic heterocycles. The van der Waals surface area contributed by atoms with Crippen molar-refractivity contribution in [1.29, 1.82) is 0 Å². The molecule has 4 rings (SSSR count). The van der Waals surface area contributed by atoms with Crippen LogP contribution >= 0.6 is 24.0 Å². The number of benzene rings is 2. The lowest BCUT2D eigenvalue weighted by Crippen LogP contribution is -2.46. The van der Waals surface area contributed by atoms with Crippen LogP contribution in [-0.4, -0.2) is 31.1 Å². The minimum atomic E-state index is -0.278. The van der Waals surface area contributed by atoms with Crippen LogP contribution in [0.4, 0.5) is 5.69 Å². The largest absolute Gasteiger partial charge is 0.423 e. The van der Waals surface area contributed by atoms with E-state index in [1.807, 2.05) is 30.3 Å². The Morgan fingerprint density at radius 3 is 2.54 bits per heavy atom. The van der Waals surface area contributed by atoms with Crippen LogP contribution in [0.15, 0.2) is 57.7 Å². The Kier molecular flexibility index (Phi) is 6.65. The fourth-order valence-electron chi connectivity index (χ4n) is 3.70. The molecule has 0 unspecified atom stereocenters. The molecule has 0 saturated carbocycles. The highest BCUT2D eigenvalue weighted by molar-refractivity contribution is 6.30. The summed E-state index contributed by atoms with van der Waals surface area (Å²) in [5, 5.41) is 1.82. The monoisotopic (exact) mass is 418 g/mol. The Bertz CT molecular complexity index is 1010. The molecule has 6 heteroatoms. The highest BCUT2D eigenvalue weighted by atomic mass is 35.5. The average molecular weight is 419 g/mol. The molecular weight excluding hydrogens is 395 g/mol. The number of fused-ring (bicyclic) bond motifs is 1. The number of aryl methyl sites for hydroxylation is 1. The van der Waals surface area contributed by atoms with Gasteiger partial charge in [0, 0.05) is 54.9 Å². The molecule has 28 heavy (non-hydrogen) atoms. The van der Waals surface area contributed by atoms with Crippen LogP contribution in [-0.2, 0) is 13.0 Å². The van der Waals surface area contributed by atoms with E-state index in [1.54, 1.807) is 6.07 Å². The van der Waals surface area contributed by atoms with Crippen LogP contribution in [0.2, 0.25) is 5.02 Å². The van der Waals surface area contributed by atoms with Crippen LogP contribution in [0.1, 0.15) is 18.1 Å². The summed E-state index contributed by atoms with van der Waals surface area (Å²) in [4.78, 5) is 16.7. The maximum atomic E-state index is 12.0. The summed E-state index contributed by atoms with van der Waals surface area (Å²) < 4.78 is 5.38. The molecule has 0 amide bonds. The van der Waals surface area contributed by atoms with Crippen LogP contribution in [0.5, 0.6) is 0 Å². The standard InChI is InChI=1S/C22H23ClN2O2.ClH/c1-2-16-6-7-21-20(12-16)17(13-22(26)27-21)15-24-8-10-25(11-9-24)19-5-3-4-18(23)14-19;/h3-7,12-14H,2,8-11,15H2,1H3;1H. The van der Waals surface area contributed by atoms with Gasteiger partial charge in [-0.2, -0.15) is 0 Å². The highest BCUT2D eigenvalue weighted by Crippen LogP contribution is 2.23. The van der Waals surface area contributed by atoms with E-state index in [-0.39, 0.29) is 18.0 Å². The molecule has 0 atom stereocenters. The molecule has 2 aromatic carbocycles. The van der Waals surface area contributed by atoms with E-state index in [1.165, 1.54) is 11.3 Å². The van der Waals surface area contributed by atoms with Gasteiger partial charge in [0.2, 0.25) is 0 Å². The summed E-state index contributed by atoms with van der Waals surface area (Å²) in [6, 6.07) is 15.7. The maximum Gasteiger partial charge on any atom is 0.336 e. The lowest BCUT2D eigenvalue weighted by Gasteiger charge is -2.36.